The van der Waals surface area contributed by atoms with Gasteiger partial charge in [0, 0.05) is 12.5 Å². The fourth-order valence-electron chi connectivity index (χ4n) is 5.27. The summed E-state index contributed by atoms with van der Waals surface area (Å²) in [4.78, 5) is 28.0. The van der Waals surface area contributed by atoms with E-state index < -0.39 is 11.3 Å². The molecule has 0 radical (unpaired) electrons. The van der Waals surface area contributed by atoms with E-state index in [0.717, 1.165) is 6.42 Å². The number of nitrogens with zero attached hydrogens (tertiary/aromatic N) is 2. The van der Waals surface area contributed by atoms with Crippen LogP contribution in [0.5, 0.6) is 0 Å². The number of nitriles is 1. The van der Waals surface area contributed by atoms with Crippen LogP contribution >= 0.6 is 0 Å². The minimum Gasteiger partial charge on any atom is -0.444 e. The number of carbonyl (C=O) groups excluding carboxylic acids is 2. The van der Waals surface area contributed by atoms with Gasteiger partial charge in [-0.25, -0.2) is 4.79 Å². The third kappa shape index (κ3) is 7.88. The fourth-order valence-corrected chi connectivity index (χ4v) is 5.27. The van der Waals surface area contributed by atoms with Crippen LogP contribution < -0.4 is 5.32 Å². The molecule has 7 heteroatoms. The zero-order valence-corrected chi connectivity index (χ0v) is 21.8. The van der Waals surface area contributed by atoms with E-state index in [1.807, 2.05) is 48.5 Å². The van der Waals surface area contributed by atoms with Crippen molar-refractivity contribution in [1.82, 2.24) is 10.2 Å². The van der Waals surface area contributed by atoms with Gasteiger partial charge in [0.25, 0.3) is 0 Å². The molecule has 2 fully saturated rings. The first-order valence-electron chi connectivity index (χ1n) is 12.7. The van der Waals surface area contributed by atoms with Crippen LogP contribution in [-0.4, -0.2) is 46.9 Å². The lowest BCUT2D eigenvalue weighted by Crippen LogP contribution is -2.51. The maximum absolute atomic E-state index is 13.3. The maximum Gasteiger partial charge on any atom is 0.412 e. The third-order valence-corrected chi connectivity index (χ3v) is 6.83. The first kappa shape index (κ1) is 27.4. The van der Waals surface area contributed by atoms with Crippen LogP contribution in [0.4, 0.5) is 4.79 Å². The van der Waals surface area contributed by atoms with Crippen LogP contribution in [0, 0.1) is 29.1 Å². The number of hydrogen-bond acceptors (Lipinski definition) is 5. The van der Waals surface area contributed by atoms with Gasteiger partial charge < -0.3 is 14.8 Å². The molecule has 1 N–H and O–H groups in total. The van der Waals surface area contributed by atoms with Gasteiger partial charge in [0.05, 0.1) is 24.6 Å². The number of rotatable bonds is 8. The number of carbonyl (C=O) groups is 2. The molecule has 0 bridgehead atoms. The summed E-state index contributed by atoms with van der Waals surface area (Å²) in [7, 11) is 0. The van der Waals surface area contributed by atoms with E-state index in [-0.39, 0.29) is 36.0 Å². The molecule has 1 saturated heterocycles. The first-order chi connectivity index (χ1) is 15.4. The molecule has 188 valence electrons. The Bertz CT molecular complexity index is 701. The summed E-state index contributed by atoms with van der Waals surface area (Å²) in [6.07, 6.45) is 7.19. The van der Waals surface area contributed by atoms with E-state index in [0.29, 0.717) is 25.3 Å². The SMILES string of the molecule is CC(C)[C@H](C[C@@H]1OC(C)(C)N(C(=O)OC(C)(C)C)[C@H]1CC1CCCCC1)C(=O)NCCC#N. The van der Waals surface area contributed by atoms with Gasteiger partial charge in [-0.05, 0) is 59.3 Å². The average molecular weight is 464 g/mol. The number of ether oxygens (including phenoxy) is 2. The molecule has 0 aromatic rings. The second-order valence-corrected chi connectivity index (χ2v) is 11.5. The summed E-state index contributed by atoms with van der Waals surface area (Å²) in [6, 6.07) is 1.93. The van der Waals surface area contributed by atoms with Gasteiger partial charge in [0.2, 0.25) is 5.91 Å². The topological polar surface area (TPSA) is 91.7 Å². The number of hydrogen-bond donors (Lipinski definition) is 1. The Labute approximate surface area is 200 Å². The molecule has 2 amide bonds. The third-order valence-electron chi connectivity index (χ3n) is 6.83. The van der Waals surface area contributed by atoms with Crippen molar-refractivity contribution in [3.8, 4) is 6.07 Å². The van der Waals surface area contributed by atoms with Gasteiger partial charge in [0.1, 0.15) is 11.3 Å². The van der Waals surface area contributed by atoms with Crippen molar-refractivity contribution in [2.45, 2.75) is 123 Å². The molecule has 2 rings (SSSR count). The molecule has 1 aliphatic carbocycles. The quantitative estimate of drug-likeness (QED) is 0.487. The fraction of sp³-hybridized carbons (Fsp3) is 0.885. The minimum atomic E-state index is -0.814. The second kappa shape index (κ2) is 11.6. The largest absolute Gasteiger partial charge is 0.444 e. The lowest BCUT2D eigenvalue weighted by atomic mass is 9.81. The van der Waals surface area contributed by atoms with Crippen molar-refractivity contribution in [2.24, 2.45) is 17.8 Å². The lowest BCUT2D eigenvalue weighted by molar-refractivity contribution is -0.129. The van der Waals surface area contributed by atoms with Crippen molar-refractivity contribution < 1.29 is 19.1 Å². The second-order valence-electron chi connectivity index (χ2n) is 11.5. The molecular weight excluding hydrogens is 418 g/mol. The van der Waals surface area contributed by atoms with E-state index in [4.69, 9.17) is 14.7 Å². The van der Waals surface area contributed by atoms with Crippen LogP contribution in [0.3, 0.4) is 0 Å². The Morgan fingerprint density at radius 3 is 2.39 bits per heavy atom. The molecular formula is C26H45N3O4. The average Bonchev–Trinajstić information content (AvgIpc) is 2.94. The normalized spacial score (nSPS) is 24.4. The molecule has 0 unspecified atom stereocenters. The van der Waals surface area contributed by atoms with E-state index in [1.165, 1.54) is 32.1 Å². The molecule has 2 aliphatic rings. The van der Waals surface area contributed by atoms with Gasteiger partial charge in [-0.3, -0.25) is 9.69 Å². The lowest BCUT2D eigenvalue weighted by Gasteiger charge is -2.37. The Morgan fingerprint density at radius 2 is 1.85 bits per heavy atom. The minimum absolute atomic E-state index is 0.0474. The molecule has 0 aromatic heterocycles. The van der Waals surface area contributed by atoms with Crippen LogP contribution in [0.25, 0.3) is 0 Å². The summed E-state index contributed by atoms with van der Waals surface area (Å²) in [5.74, 6) is 0.367. The van der Waals surface area contributed by atoms with E-state index in [2.05, 4.69) is 11.4 Å². The van der Waals surface area contributed by atoms with Crippen molar-refractivity contribution in [3.63, 3.8) is 0 Å². The van der Waals surface area contributed by atoms with Crippen LogP contribution in [0.2, 0.25) is 0 Å². The summed E-state index contributed by atoms with van der Waals surface area (Å²) >= 11 is 0. The molecule has 3 atom stereocenters. The monoisotopic (exact) mass is 463 g/mol. The molecule has 33 heavy (non-hydrogen) atoms. The Morgan fingerprint density at radius 1 is 1.21 bits per heavy atom. The summed E-state index contributed by atoms with van der Waals surface area (Å²) < 4.78 is 12.3. The molecule has 7 nitrogen and oxygen atoms in total. The predicted molar refractivity (Wildman–Crippen MR) is 128 cm³/mol. The van der Waals surface area contributed by atoms with Crippen LogP contribution in [0.15, 0.2) is 0 Å². The van der Waals surface area contributed by atoms with E-state index >= 15 is 0 Å². The van der Waals surface area contributed by atoms with Gasteiger partial charge in [-0.15, -0.1) is 0 Å². The highest BCUT2D eigenvalue weighted by atomic mass is 16.6. The predicted octanol–water partition coefficient (Wildman–Crippen LogP) is 5.39. The van der Waals surface area contributed by atoms with Crippen molar-refractivity contribution in [3.05, 3.63) is 0 Å². The molecule has 1 aliphatic heterocycles. The highest BCUT2D eigenvalue weighted by Gasteiger charge is 2.52. The van der Waals surface area contributed by atoms with Crippen LogP contribution in [-0.2, 0) is 14.3 Å². The summed E-state index contributed by atoms with van der Waals surface area (Å²) in [5, 5.41) is 11.7. The molecule has 1 saturated carbocycles. The summed E-state index contributed by atoms with van der Waals surface area (Å²) in [6.45, 7) is 13.9. The highest BCUT2D eigenvalue weighted by Crippen LogP contribution is 2.41. The zero-order valence-electron chi connectivity index (χ0n) is 21.8. The van der Waals surface area contributed by atoms with Gasteiger partial charge >= 0.3 is 6.09 Å². The first-order valence-corrected chi connectivity index (χ1v) is 12.7. The Hall–Kier alpha value is -1.81. The Balaban J connectivity index is 2.27. The number of amides is 2. The smallest absolute Gasteiger partial charge is 0.412 e. The van der Waals surface area contributed by atoms with Gasteiger partial charge in [-0.2, -0.15) is 5.26 Å². The number of nitrogens with one attached hydrogen (secondary N) is 1. The maximum atomic E-state index is 13.3. The molecule has 0 aromatic carbocycles. The van der Waals surface area contributed by atoms with E-state index in [9.17, 15) is 9.59 Å². The molecule has 1 heterocycles. The highest BCUT2D eigenvalue weighted by molar-refractivity contribution is 5.79. The Kier molecular flexibility index (Phi) is 9.60. The van der Waals surface area contributed by atoms with Crippen molar-refractivity contribution in [1.29, 1.82) is 5.26 Å². The standard InChI is InChI=1S/C26H45N3O4/c1-18(2)20(23(30)28-15-11-14-27)17-22-21(16-19-12-9-8-10-13-19)29(26(6,7)32-22)24(31)33-25(3,4)5/h18-22H,8-13,15-17H2,1-7H3,(H,28,30)/t20-,21-,22-/m0/s1. The zero-order chi connectivity index (χ0) is 24.8. The van der Waals surface area contributed by atoms with Gasteiger partial charge in [0.15, 0.2) is 0 Å². The van der Waals surface area contributed by atoms with Crippen molar-refractivity contribution in [2.75, 3.05) is 6.54 Å². The molecule has 0 spiro atoms. The van der Waals surface area contributed by atoms with Crippen LogP contribution in [0.1, 0.15) is 99.8 Å². The van der Waals surface area contributed by atoms with Crippen molar-refractivity contribution >= 4 is 12.0 Å². The summed E-state index contributed by atoms with van der Waals surface area (Å²) in [5.41, 5.74) is -1.41. The van der Waals surface area contributed by atoms with Gasteiger partial charge in [-0.1, -0.05) is 46.0 Å². The van der Waals surface area contributed by atoms with E-state index in [1.54, 1.807) is 4.90 Å².